The minimum absolute atomic E-state index is 0.231. The summed E-state index contributed by atoms with van der Waals surface area (Å²) >= 11 is 0. The fraction of sp³-hybridized carbons (Fsp3) is 0.533. The minimum atomic E-state index is 0.231. The molecule has 19 heavy (non-hydrogen) atoms. The van der Waals surface area contributed by atoms with Crippen molar-refractivity contribution in [3.8, 4) is 0 Å². The Balaban J connectivity index is 1.74. The maximum atomic E-state index is 11.8. The maximum Gasteiger partial charge on any atom is 0.227 e. The monoisotopic (exact) mass is 260 g/mol. The first-order valence-electron chi connectivity index (χ1n) is 7.02. The molecule has 2 aliphatic rings. The molecule has 0 bridgehead atoms. The van der Waals surface area contributed by atoms with Crippen molar-refractivity contribution in [2.45, 2.75) is 38.3 Å². The van der Waals surface area contributed by atoms with Gasteiger partial charge in [-0.1, -0.05) is 6.07 Å². The minimum Gasteiger partial charge on any atom is -0.380 e. The number of amides is 1. The highest BCUT2D eigenvalue weighted by Crippen LogP contribution is 2.26. The third kappa shape index (κ3) is 2.59. The first-order chi connectivity index (χ1) is 9.24. The molecule has 3 rings (SSSR count). The summed E-state index contributed by atoms with van der Waals surface area (Å²) in [4.78, 5) is 13.6. The SMILES string of the molecule is CC1OCCC1Nc1cccc(N2CCCC2=O)c1. The summed E-state index contributed by atoms with van der Waals surface area (Å²) in [6.07, 6.45) is 2.92. The lowest BCUT2D eigenvalue weighted by Gasteiger charge is -2.20. The standard InChI is InChI=1S/C15H20N2O2/c1-11-14(7-9-19-11)16-12-4-2-5-13(10-12)17-8-3-6-15(17)18/h2,4-5,10-11,14,16H,3,6-9H2,1H3. The summed E-state index contributed by atoms with van der Waals surface area (Å²) < 4.78 is 5.56. The molecule has 2 atom stereocenters. The molecule has 2 aliphatic heterocycles. The van der Waals surface area contributed by atoms with Gasteiger partial charge in [0.2, 0.25) is 5.91 Å². The van der Waals surface area contributed by atoms with E-state index in [0.29, 0.717) is 12.5 Å². The number of nitrogens with one attached hydrogen (secondary N) is 1. The van der Waals surface area contributed by atoms with Crippen molar-refractivity contribution in [2.75, 3.05) is 23.4 Å². The number of carbonyl (C=O) groups excluding carboxylic acids is 1. The van der Waals surface area contributed by atoms with E-state index >= 15 is 0 Å². The molecule has 1 amide bonds. The van der Waals surface area contributed by atoms with E-state index in [1.165, 1.54) is 0 Å². The van der Waals surface area contributed by atoms with E-state index in [1.807, 2.05) is 17.0 Å². The van der Waals surface area contributed by atoms with Crippen LogP contribution in [0, 0.1) is 0 Å². The van der Waals surface area contributed by atoms with Crippen LogP contribution in [-0.4, -0.2) is 31.2 Å². The van der Waals surface area contributed by atoms with E-state index in [4.69, 9.17) is 4.74 Å². The van der Waals surface area contributed by atoms with Crippen molar-refractivity contribution in [3.63, 3.8) is 0 Å². The summed E-state index contributed by atoms with van der Waals surface area (Å²) in [6.45, 7) is 3.76. The summed E-state index contributed by atoms with van der Waals surface area (Å²) in [5, 5.41) is 3.51. The molecule has 0 aromatic heterocycles. The van der Waals surface area contributed by atoms with Crippen molar-refractivity contribution in [2.24, 2.45) is 0 Å². The highest BCUT2D eigenvalue weighted by Gasteiger charge is 2.25. The Labute approximate surface area is 113 Å². The van der Waals surface area contributed by atoms with E-state index in [2.05, 4.69) is 24.4 Å². The van der Waals surface area contributed by atoms with E-state index in [1.54, 1.807) is 0 Å². The Hall–Kier alpha value is -1.55. The molecule has 0 spiro atoms. The van der Waals surface area contributed by atoms with Crippen molar-refractivity contribution < 1.29 is 9.53 Å². The molecular weight excluding hydrogens is 240 g/mol. The van der Waals surface area contributed by atoms with Gasteiger partial charge in [-0.15, -0.1) is 0 Å². The Morgan fingerprint density at radius 3 is 3.00 bits per heavy atom. The van der Waals surface area contributed by atoms with Gasteiger partial charge in [0.25, 0.3) is 0 Å². The largest absolute Gasteiger partial charge is 0.380 e. The number of nitrogens with zero attached hydrogens (tertiary/aromatic N) is 1. The van der Waals surface area contributed by atoms with E-state index in [-0.39, 0.29) is 12.0 Å². The second-order valence-electron chi connectivity index (χ2n) is 5.31. The Morgan fingerprint density at radius 1 is 1.42 bits per heavy atom. The van der Waals surface area contributed by atoms with E-state index in [9.17, 15) is 4.79 Å². The number of benzene rings is 1. The number of ether oxygens (including phenoxy) is 1. The average Bonchev–Trinajstić information content (AvgIpc) is 3.00. The molecule has 2 saturated heterocycles. The summed E-state index contributed by atoms with van der Waals surface area (Å²) in [6, 6.07) is 8.49. The predicted octanol–water partition coefficient (Wildman–Crippen LogP) is 2.40. The molecule has 0 radical (unpaired) electrons. The van der Waals surface area contributed by atoms with Crippen molar-refractivity contribution in [1.29, 1.82) is 0 Å². The predicted molar refractivity (Wildman–Crippen MR) is 75.5 cm³/mol. The van der Waals surface area contributed by atoms with Crippen LogP contribution >= 0.6 is 0 Å². The van der Waals surface area contributed by atoms with Gasteiger partial charge in [0.15, 0.2) is 0 Å². The topological polar surface area (TPSA) is 41.6 Å². The van der Waals surface area contributed by atoms with Crippen molar-refractivity contribution >= 4 is 17.3 Å². The van der Waals surface area contributed by atoms with Crippen LogP contribution in [-0.2, 0) is 9.53 Å². The van der Waals surface area contributed by atoms with Gasteiger partial charge in [0.1, 0.15) is 0 Å². The molecule has 2 heterocycles. The lowest BCUT2D eigenvalue weighted by molar-refractivity contribution is -0.117. The van der Waals surface area contributed by atoms with Gasteiger partial charge < -0.3 is 15.0 Å². The maximum absolute atomic E-state index is 11.8. The molecule has 102 valence electrons. The van der Waals surface area contributed by atoms with Gasteiger partial charge in [0.05, 0.1) is 12.1 Å². The second kappa shape index (κ2) is 5.21. The molecule has 0 aliphatic carbocycles. The van der Waals surface area contributed by atoms with Gasteiger partial charge >= 0.3 is 0 Å². The average molecular weight is 260 g/mol. The van der Waals surface area contributed by atoms with Gasteiger partial charge in [-0.25, -0.2) is 0 Å². The van der Waals surface area contributed by atoms with Crippen LogP contribution in [0.25, 0.3) is 0 Å². The fourth-order valence-electron chi connectivity index (χ4n) is 2.82. The Bertz CT molecular complexity index is 475. The Morgan fingerprint density at radius 2 is 2.32 bits per heavy atom. The third-order valence-electron chi connectivity index (χ3n) is 3.96. The third-order valence-corrected chi connectivity index (χ3v) is 3.96. The Kier molecular flexibility index (Phi) is 3.42. The zero-order valence-corrected chi connectivity index (χ0v) is 11.3. The molecule has 2 unspecified atom stereocenters. The normalized spacial score (nSPS) is 27.0. The van der Waals surface area contributed by atoms with Gasteiger partial charge in [-0.3, -0.25) is 4.79 Å². The first kappa shape index (κ1) is 12.5. The highest BCUT2D eigenvalue weighted by atomic mass is 16.5. The summed E-state index contributed by atoms with van der Waals surface area (Å²) in [5.74, 6) is 0.231. The number of hydrogen-bond acceptors (Lipinski definition) is 3. The lowest BCUT2D eigenvalue weighted by atomic mass is 10.1. The van der Waals surface area contributed by atoms with Crippen LogP contribution in [0.1, 0.15) is 26.2 Å². The van der Waals surface area contributed by atoms with Gasteiger partial charge in [-0.2, -0.15) is 0 Å². The van der Waals surface area contributed by atoms with Crippen LogP contribution in [0.15, 0.2) is 24.3 Å². The van der Waals surface area contributed by atoms with Crippen molar-refractivity contribution in [3.05, 3.63) is 24.3 Å². The number of carbonyl (C=O) groups is 1. The summed E-state index contributed by atoms with van der Waals surface area (Å²) in [5.41, 5.74) is 2.07. The van der Waals surface area contributed by atoms with E-state index < -0.39 is 0 Å². The number of rotatable bonds is 3. The van der Waals surface area contributed by atoms with Gasteiger partial charge in [0, 0.05) is 30.9 Å². The molecule has 1 aromatic carbocycles. The molecule has 1 N–H and O–H groups in total. The highest BCUT2D eigenvalue weighted by molar-refractivity contribution is 5.95. The molecular formula is C15H20N2O2. The van der Waals surface area contributed by atoms with Crippen molar-refractivity contribution in [1.82, 2.24) is 0 Å². The van der Waals surface area contributed by atoms with E-state index in [0.717, 1.165) is 37.4 Å². The molecule has 0 saturated carbocycles. The quantitative estimate of drug-likeness (QED) is 0.907. The van der Waals surface area contributed by atoms with Crippen LogP contribution in [0.4, 0.5) is 11.4 Å². The van der Waals surface area contributed by atoms with Crippen LogP contribution in [0.5, 0.6) is 0 Å². The van der Waals surface area contributed by atoms with Gasteiger partial charge in [-0.05, 0) is 38.0 Å². The molecule has 4 heteroatoms. The second-order valence-corrected chi connectivity index (χ2v) is 5.31. The lowest BCUT2D eigenvalue weighted by Crippen LogP contribution is -2.27. The molecule has 1 aromatic rings. The zero-order chi connectivity index (χ0) is 13.2. The molecule has 4 nitrogen and oxygen atoms in total. The van der Waals surface area contributed by atoms with Crippen LogP contribution in [0.2, 0.25) is 0 Å². The van der Waals surface area contributed by atoms with Crippen LogP contribution < -0.4 is 10.2 Å². The zero-order valence-electron chi connectivity index (χ0n) is 11.3. The smallest absolute Gasteiger partial charge is 0.227 e. The molecule has 2 fully saturated rings. The number of anilines is 2. The number of hydrogen-bond donors (Lipinski definition) is 1. The fourth-order valence-corrected chi connectivity index (χ4v) is 2.82. The first-order valence-corrected chi connectivity index (χ1v) is 7.02. The summed E-state index contributed by atoms with van der Waals surface area (Å²) in [7, 11) is 0. The van der Waals surface area contributed by atoms with Crippen LogP contribution in [0.3, 0.4) is 0 Å².